The number of unbranched alkanes of at least 4 members (excludes halogenated alkanes) is 1. The van der Waals surface area contributed by atoms with Gasteiger partial charge in [-0.05, 0) is 43.9 Å². The molecule has 302 valence electrons. The van der Waals surface area contributed by atoms with Gasteiger partial charge >= 0.3 is 23.9 Å². The zero-order chi connectivity index (χ0) is 39.3. The van der Waals surface area contributed by atoms with E-state index in [1.807, 2.05) is 51.9 Å². The summed E-state index contributed by atoms with van der Waals surface area (Å²) in [7, 11) is 3.89. The van der Waals surface area contributed by atoms with Gasteiger partial charge in [0.25, 0.3) is 5.56 Å². The monoisotopic (exact) mass is 812 g/mol. The van der Waals surface area contributed by atoms with Crippen LogP contribution in [-0.4, -0.2) is 97.3 Å². The number of para-hydroxylation sites is 1. The average Bonchev–Trinajstić information content (AvgIpc) is 3.85. The second kappa shape index (κ2) is 20.5. The Hall–Kier alpha value is -3.96. The number of esters is 4. The molecule has 0 aliphatic carbocycles. The summed E-state index contributed by atoms with van der Waals surface area (Å²) < 4.78 is 39.5. The Morgan fingerprint density at radius 3 is 2.25 bits per heavy atom. The SMILES string of the molecule is CCC1(OC(=O)CCC(=O)OCCOCCOCCOCCOC(=O)CCCCC2CCSS2)C(=O)OCc2c1cc1n(c2=O)-c2cc3ccccc3nc2C1. The number of fused-ring (bicyclic) bond motifs is 5. The number of nitrogens with zero attached hydrogens (tertiary/aromatic N) is 2. The Morgan fingerprint density at radius 1 is 0.875 bits per heavy atom. The molecule has 1 saturated heterocycles. The van der Waals surface area contributed by atoms with Crippen LogP contribution >= 0.6 is 21.6 Å². The van der Waals surface area contributed by atoms with Crippen LogP contribution in [0.2, 0.25) is 0 Å². The van der Waals surface area contributed by atoms with E-state index >= 15 is 0 Å². The van der Waals surface area contributed by atoms with Crippen LogP contribution in [0.5, 0.6) is 0 Å². The van der Waals surface area contributed by atoms with Gasteiger partial charge in [0, 0.05) is 40.5 Å². The minimum absolute atomic E-state index is 0.0189. The molecule has 1 aromatic carbocycles. The van der Waals surface area contributed by atoms with E-state index in [4.69, 9.17) is 38.1 Å². The minimum Gasteiger partial charge on any atom is -0.463 e. The van der Waals surface area contributed by atoms with Crippen molar-refractivity contribution in [2.24, 2.45) is 0 Å². The Morgan fingerprint density at radius 2 is 1.55 bits per heavy atom. The molecule has 3 aliphatic heterocycles. The molecule has 5 heterocycles. The van der Waals surface area contributed by atoms with Gasteiger partial charge in [-0.1, -0.05) is 53.1 Å². The Kier molecular flexibility index (Phi) is 15.2. The van der Waals surface area contributed by atoms with Crippen LogP contribution in [0.4, 0.5) is 0 Å². The topological polar surface area (TPSA) is 168 Å². The smallest absolute Gasteiger partial charge is 0.355 e. The number of cyclic esters (lactones) is 1. The van der Waals surface area contributed by atoms with E-state index in [0.29, 0.717) is 56.2 Å². The molecule has 56 heavy (non-hydrogen) atoms. The van der Waals surface area contributed by atoms with E-state index in [-0.39, 0.29) is 69.4 Å². The molecular formula is C40H48N2O12S2. The molecule has 0 N–H and O–H groups in total. The van der Waals surface area contributed by atoms with Gasteiger partial charge in [0.1, 0.15) is 19.8 Å². The van der Waals surface area contributed by atoms with E-state index in [0.717, 1.165) is 41.1 Å². The molecule has 14 nitrogen and oxygen atoms in total. The van der Waals surface area contributed by atoms with Crippen LogP contribution in [0, 0.1) is 0 Å². The highest BCUT2D eigenvalue weighted by atomic mass is 33.1. The van der Waals surface area contributed by atoms with Crippen molar-refractivity contribution in [3.63, 3.8) is 0 Å². The van der Waals surface area contributed by atoms with E-state index in [1.165, 1.54) is 12.2 Å². The second-order valence-electron chi connectivity index (χ2n) is 13.6. The Balaban J connectivity index is 0.835. The summed E-state index contributed by atoms with van der Waals surface area (Å²) in [5.41, 5.74) is 1.16. The van der Waals surface area contributed by atoms with Crippen LogP contribution in [0.1, 0.15) is 80.8 Å². The van der Waals surface area contributed by atoms with Crippen molar-refractivity contribution in [3.8, 4) is 5.69 Å². The summed E-state index contributed by atoms with van der Waals surface area (Å²) in [5, 5.41) is 1.62. The lowest BCUT2D eigenvalue weighted by molar-refractivity contribution is -0.189. The number of ether oxygens (including phenoxy) is 7. The molecule has 2 aromatic heterocycles. The van der Waals surface area contributed by atoms with E-state index < -0.39 is 23.5 Å². The average molecular weight is 813 g/mol. The van der Waals surface area contributed by atoms with Gasteiger partial charge in [-0.25, -0.2) is 4.79 Å². The number of aromatic nitrogens is 2. The van der Waals surface area contributed by atoms with Gasteiger partial charge in [0.2, 0.25) is 5.60 Å². The predicted molar refractivity (Wildman–Crippen MR) is 209 cm³/mol. The fraction of sp³-hybridized carbons (Fsp3) is 0.550. The third kappa shape index (κ3) is 10.5. The van der Waals surface area contributed by atoms with E-state index in [9.17, 15) is 24.0 Å². The van der Waals surface area contributed by atoms with Crippen LogP contribution in [-0.2, 0) is 71.0 Å². The summed E-state index contributed by atoms with van der Waals surface area (Å²) >= 11 is 0. The lowest BCUT2D eigenvalue weighted by Crippen LogP contribution is -2.47. The van der Waals surface area contributed by atoms with Crippen LogP contribution < -0.4 is 5.56 Å². The highest BCUT2D eigenvalue weighted by Gasteiger charge is 2.50. The van der Waals surface area contributed by atoms with Crippen LogP contribution in [0.15, 0.2) is 41.2 Å². The van der Waals surface area contributed by atoms with Crippen LogP contribution in [0.25, 0.3) is 16.6 Å². The van der Waals surface area contributed by atoms with Crippen LogP contribution in [0.3, 0.4) is 0 Å². The molecular weight excluding hydrogens is 765 g/mol. The minimum atomic E-state index is -1.83. The third-order valence-electron chi connectivity index (χ3n) is 9.80. The molecule has 0 saturated carbocycles. The normalized spacial score (nSPS) is 18.2. The predicted octanol–water partition coefficient (Wildman–Crippen LogP) is 5.13. The first-order chi connectivity index (χ1) is 27.3. The van der Waals surface area contributed by atoms with Gasteiger partial charge in [-0.3, -0.25) is 28.7 Å². The number of rotatable bonds is 22. The maximum absolute atomic E-state index is 13.9. The van der Waals surface area contributed by atoms with Crippen molar-refractivity contribution >= 4 is 56.4 Å². The largest absolute Gasteiger partial charge is 0.463 e. The summed E-state index contributed by atoms with van der Waals surface area (Å²) in [4.78, 5) is 69.1. The van der Waals surface area contributed by atoms with Crippen molar-refractivity contribution in [1.82, 2.24) is 9.55 Å². The lowest BCUT2D eigenvalue weighted by Gasteiger charge is -2.35. The number of pyridine rings is 2. The molecule has 3 aliphatic rings. The number of carbonyl (C=O) groups excluding carboxylic acids is 4. The molecule has 0 amide bonds. The summed E-state index contributed by atoms with van der Waals surface area (Å²) in [6, 6.07) is 11.3. The zero-order valence-electron chi connectivity index (χ0n) is 31.6. The zero-order valence-corrected chi connectivity index (χ0v) is 33.2. The Labute approximate surface area is 333 Å². The van der Waals surface area contributed by atoms with Crippen molar-refractivity contribution in [1.29, 1.82) is 0 Å². The number of carbonyl (C=O) groups is 4. The standard InChI is InChI=1S/C40H48N2O12S2/c1-2-40(31-24-28-25-33-34(23-27-7-3-5-9-32(27)41-33)42(28)38(46)30(31)26-53-39(40)47)54-37(45)12-11-36(44)52-21-19-50-17-15-48-14-16-49-18-20-51-35(43)10-6-4-8-29-13-22-55-56-29/h3,5,7,9,23-24,29H,2,4,6,8,10-22,25-26H2,1H3. The molecule has 1 fully saturated rings. The first-order valence-corrected chi connectivity index (χ1v) is 21.6. The highest BCUT2D eigenvalue weighted by Crippen LogP contribution is 2.41. The number of benzene rings is 1. The van der Waals surface area contributed by atoms with Gasteiger partial charge < -0.3 is 33.2 Å². The third-order valence-corrected chi connectivity index (χ3v) is 12.8. The van der Waals surface area contributed by atoms with Crippen molar-refractivity contribution < 1.29 is 52.3 Å². The molecule has 0 bridgehead atoms. The molecule has 0 spiro atoms. The number of hydrogen-bond donors (Lipinski definition) is 0. The first-order valence-electron chi connectivity index (χ1n) is 19.2. The highest BCUT2D eigenvalue weighted by molar-refractivity contribution is 8.77. The molecule has 2 unspecified atom stereocenters. The molecule has 6 rings (SSSR count). The van der Waals surface area contributed by atoms with Crippen molar-refractivity contribution in [3.05, 3.63) is 69.3 Å². The molecule has 2 atom stereocenters. The second-order valence-corrected chi connectivity index (χ2v) is 16.4. The van der Waals surface area contributed by atoms with Crippen molar-refractivity contribution in [2.45, 2.75) is 82.2 Å². The van der Waals surface area contributed by atoms with Gasteiger partial charge in [0.05, 0.1) is 74.9 Å². The summed E-state index contributed by atoms with van der Waals surface area (Å²) in [6.45, 7) is 3.36. The summed E-state index contributed by atoms with van der Waals surface area (Å²) in [6.07, 6.45) is 4.54. The quantitative estimate of drug-likeness (QED) is 0.0443. The number of hydrogen-bond acceptors (Lipinski definition) is 15. The van der Waals surface area contributed by atoms with Gasteiger partial charge in [0.15, 0.2) is 0 Å². The fourth-order valence-corrected chi connectivity index (χ4v) is 9.90. The summed E-state index contributed by atoms with van der Waals surface area (Å²) in [5.74, 6) is -1.17. The maximum atomic E-state index is 13.9. The lowest BCUT2D eigenvalue weighted by atomic mass is 9.85. The maximum Gasteiger partial charge on any atom is 0.355 e. The van der Waals surface area contributed by atoms with Gasteiger partial charge in [-0.2, -0.15) is 0 Å². The van der Waals surface area contributed by atoms with E-state index in [2.05, 4.69) is 0 Å². The van der Waals surface area contributed by atoms with Gasteiger partial charge in [-0.15, -0.1) is 0 Å². The molecule has 16 heteroatoms. The van der Waals surface area contributed by atoms with E-state index in [1.54, 1.807) is 17.6 Å². The first kappa shape index (κ1) is 41.7. The fourth-order valence-electron chi connectivity index (χ4n) is 6.87. The molecule has 0 radical (unpaired) electrons. The molecule has 3 aromatic rings. The van der Waals surface area contributed by atoms with Crippen molar-refractivity contribution in [2.75, 3.05) is 58.6 Å². The Bertz CT molecular complexity index is 1930.